The predicted molar refractivity (Wildman–Crippen MR) is 54.4 cm³/mol. The first-order chi connectivity index (χ1) is 6.24. The van der Waals surface area contributed by atoms with E-state index in [1.165, 1.54) is 11.8 Å². The summed E-state index contributed by atoms with van der Waals surface area (Å²) >= 11 is 1.51. The number of hydrogen-bond donors (Lipinski definition) is 0. The first-order valence-electron chi connectivity index (χ1n) is 3.99. The topological polar surface area (TPSA) is 26.3 Å². The van der Waals surface area contributed by atoms with E-state index in [-0.39, 0.29) is 5.78 Å². The van der Waals surface area contributed by atoms with Gasteiger partial charge in [-0.1, -0.05) is 12.1 Å². The molecule has 0 bridgehead atoms. The van der Waals surface area contributed by atoms with Gasteiger partial charge in [-0.25, -0.2) is 0 Å². The Morgan fingerprint density at radius 2 is 2.15 bits per heavy atom. The molecule has 0 fully saturated rings. The van der Waals surface area contributed by atoms with E-state index in [9.17, 15) is 4.79 Å². The Labute approximate surface area is 82.3 Å². The molecule has 13 heavy (non-hydrogen) atoms. The summed E-state index contributed by atoms with van der Waals surface area (Å²) in [4.78, 5) is 11.8. The SMILES string of the molecule is COc1ccccc1SCC(C)=O. The molecule has 1 aromatic rings. The summed E-state index contributed by atoms with van der Waals surface area (Å²) in [6.07, 6.45) is 0. The lowest BCUT2D eigenvalue weighted by Gasteiger charge is -2.05. The van der Waals surface area contributed by atoms with E-state index in [4.69, 9.17) is 4.74 Å². The molecule has 0 saturated heterocycles. The first kappa shape index (κ1) is 10.1. The number of Topliss-reactive ketones (excluding diaryl/α,β-unsaturated/α-hetero) is 1. The summed E-state index contributed by atoms with van der Waals surface area (Å²) in [6, 6.07) is 7.69. The zero-order valence-electron chi connectivity index (χ0n) is 7.74. The number of carbonyl (C=O) groups is 1. The summed E-state index contributed by atoms with van der Waals surface area (Å²) in [5.41, 5.74) is 0. The number of hydrogen-bond acceptors (Lipinski definition) is 3. The number of carbonyl (C=O) groups excluding carboxylic acids is 1. The summed E-state index contributed by atoms with van der Waals surface area (Å²) in [5, 5.41) is 0. The van der Waals surface area contributed by atoms with Crippen molar-refractivity contribution in [2.24, 2.45) is 0 Å². The van der Waals surface area contributed by atoms with Gasteiger partial charge in [-0.2, -0.15) is 0 Å². The van der Waals surface area contributed by atoms with Crippen LogP contribution in [0.15, 0.2) is 29.2 Å². The Morgan fingerprint density at radius 3 is 2.77 bits per heavy atom. The number of thioether (sulfide) groups is 1. The third kappa shape index (κ3) is 3.11. The molecule has 0 unspecified atom stereocenters. The van der Waals surface area contributed by atoms with Crippen molar-refractivity contribution in [3.05, 3.63) is 24.3 Å². The number of methoxy groups -OCH3 is 1. The van der Waals surface area contributed by atoms with Gasteiger partial charge >= 0.3 is 0 Å². The molecule has 0 radical (unpaired) electrons. The molecule has 0 amide bonds. The van der Waals surface area contributed by atoms with Crippen molar-refractivity contribution in [3.63, 3.8) is 0 Å². The molecule has 0 spiro atoms. The molecule has 0 saturated carbocycles. The van der Waals surface area contributed by atoms with Crippen LogP contribution in [-0.2, 0) is 4.79 Å². The molecule has 1 rings (SSSR count). The largest absolute Gasteiger partial charge is 0.496 e. The van der Waals surface area contributed by atoms with Crippen LogP contribution in [0.3, 0.4) is 0 Å². The van der Waals surface area contributed by atoms with Gasteiger partial charge in [0.25, 0.3) is 0 Å². The Morgan fingerprint density at radius 1 is 1.46 bits per heavy atom. The second-order valence-electron chi connectivity index (χ2n) is 2.64. The smallest absolute Gasteiger partial charge is 0.140 e. The van der Waals surface area contributed by atoms with Gasteiger partial charge < -0.3 is 4.74 Å². The van der Waals surface area contributed by atoms with Gasteiger partial charge in [-0.05, 0) is 19.1 Å². The van der Waals surface area contributed by atoms with Crippen LogP contribution in [0.4, 0.5) is 0 Å². The number of benzene rings is 1. The van der Waals surface area contributed by atoms with Crippen LogP contribution < -0.4 is 4.74 Å². The lowest BCUT2D eigenvalue weighted by Crippen LogP contribution is -1.94. The quantitative estimate of drug-likeness (QED) is 0.691. The molecule has 0 heterocycles. The minimum absolute atomic E-state index is 0.177. The van der Waals surface area contributed by atoms with Crippen molar-refractivity contribution in [2.45, 2.75) is 11.8 Å². The van der Waals surface area contributed by atoms with Gasteiger partial charge in [0.2, 0.25) is 0 Å². The molecule has 3 heteroatoms. The molecule has 1 aromatic carbocycles. The van der Waals surface area contributed by atoms with E-state index in [0.717, 1.165) is 10.6 Å². The van der Waals surface area contributed by atoms with Crippen molar-refractivity contribution in [2.75, 3.05) is 12.9 Å². The molecule has 0 atom stereocenters. The Bertz CT molecular complexity index is 297. The maximum absolute atomic E-state index is 10.8. The molecule has 0 N–H and O–H groups in total. The van der Waals surface area contributed by atoms with Gasteiger partial charge in [-0.15, -0.1) is 11.8 Å². The molecule has 0 aliphatic heterocycles. The average molecular weight is 196 g/mol. The van der Waals surface area contributed by atoms with Crippen LogP contribution >= 0.6 is 11.8 Å². The van der Waals surface area contributed by atoms with Gasteiger partial charge in [0.1, 0.15) is 11.5 Å². The van der Waals surface area contributed by atoms with Crippen LogP contribution in [0, 0.1) is 0 Å². The highest BCUT2D eigenvalue weighted by atomic mass is 32.2. The third-order valence-corrected chi connectivity index (χ3v) is 2.70. The van der Waals surface area contributed by atoms with Gasteiger partial charge in [0, 0.05) is 4.90 Å². The van der Waals surface area contributed by atoms with Gasteiger partial charge in [0.05, 0.1) is 12.9 Å². The summed E-state index contributed by atoms with van der Waals surface area (Å²) in [7, 11) is 1.63. The van der Waals surface area contributed by atoms with Crippen molar-refractivity contribution in [3.8, 4) is 5.75 Å². The van der Waals surface area contributed by atoms with Gasteiger partial charge in [0.15, 0.2) is 0 Å². The van der Waals surface area contributed by atoms with Crippen LogP contribution in [0.5, 0.6) is 5.75 Å². The minimum atomic E-state index is 0.177. The van der Waals surface area contributed by atoms with E-state index >= 15 is 0 Å². The number of ketones is 1. The second-order valence-corrected chi connectivity index (χ2v) is 3.66. The lowest BCUT2D eigenvalue weighted by molar-refractivity contribution is -0.114. The molecular formula is C10H12O2S. The molecule has 0 aromatic heterocycles. The van der Waals surface area contributed by atoms with E-state index in [2.05, 4.69) is 0 Å². The average Bonchev–Trinajstić information content (AvgIpc) is 2.15. The maximum Gasteiger partial charge on any atom is 0.140 e. The summed E-state index contributed by atoms with van der Waals surface area (Å²) in [6.45, 7) is 1.59. The first-order valence-corrected chi connectivity index (χ1v) is 4.98. The molecule has 70 valence electrons. The molecular weight excluding hydrogens is 184 g/mol. The van der Waals surface area contributed by atoms with Crippen LogP contribution in [0.25, 0.3) is 0 Å². The number of rotatable bonds is 4. The van der Waals surface area contributed by atoms with E-state index in [1.807, 2.05) is 24.3 Å². The molecule has 0 aliphatic carbocycles. The highest BCUT2D eigenvalue weighted by molar-refractivity contribution is 8.00. The van der Waals surface area contributed by atoms with Gasteiger partial charge in [-0.3, -0.25) is 4.79 Å². The fourth-order valence-electron chi connectivity index (χ4n) is 0.917. The zero-order valence-corrected chi connectivity index (χ0v) is 8.56. The fourth-order valence-corrected chi connectivity index (χ4v) is 1.74. The van der Waals surface area contributed by atoms with E-state index in [1.54, 1.807) is 14.0 Å². The maximum atomic E-state index is 10.8. The van der Waals surface area contributed by atoms with Crippen LogP contribution in [0.2, 0.25) is 0 Å². The third-order valence-electron chi connectivity index (χ3n) is 1.50. The van der Waals surface area contributed by atoms with Crippen molar-refractivity contribution >= 4 is 17.5 Å². The fraction of sp³-hybridized carbons (Fsp3) is 0.300. The zero-order chi connectivity index (χ0) is 9.68. The van der Waals surface area contributed by atoms with Crippen LogP contribution in [-0.4, -0.2) is 18.6 Å². The Hall–Kier alpha value is -0.960. The van der Waals surface area contributed by atoms with E-state index in [0.29, 0.717) is 5.75 Å². The summed E-state index contributed by atoms with van der Waals surface area (Å²) in [5.74, 6) is 1.50. The van der Waals surface area contributed by atoms with Crippen molar-refractivity contribution in [1.29, 1.82) is 0 Å². The second kappa shape index (κ2) is 4.92. The summed E-state index contributed by atoms with van der Waals surface area (Å²) < 4.78 is 5.15. The highest BCUT2D eigenvalue weighted by Gasteiger charge is 2.02. The van der Waals surface area contributed by atoms with Crippen molar-refractivity contribution in [1.82, 2.24) is 0 Å². The highest BCUT2D eigenvalue weighted by Crippen LogP contribution is 2.28. The number of ether oxygens (including phenoxy) is 1. The van der Waals surface area contributed by atoms with Crippen LogP contribution in [0.1, 0.15) is 6.92 Å². The van der Waals surface area contributed by atoms with Crippen molar-refractivity contribution < 1.29 is 9.53 Å². The van der Waals surface area contributed by atoms with E-state index < -0.39 is 0 Å². The molecule has 0 aliphatic rings. The number of para-hydroxylation sites is 1. The molecule has 2 nitrogen and oxygen atoms in total. The monoisotopic (exact) mass is 196 g/mol. The lowest BCUT2D eigenvalue weighted by atomic mass is 10.3. The normalized spacial score (nSPS) is 9.69. The predicted octanol–water partition coefficient (Wildman–Crippen LogP) is 2.38. The Kier molecular flexibility index (Phi) is 3.83. The minimum Gasteiger partial charge on any atom is -0.496 e. The Balaban J connectivity index is 2.69. The standard InChI is InChI=1S/C10H12O2S/c1-8(11)7-13-10-6-4-3-5-9(10)12-2/h3-6H,7H2,1-2H3.